The topological polar surface area (TPSA) is 64.9 Å². The van der Waals surface area contributed by atoms with Gasteiger partial charge in [-0.25, -0.2) is 0 Å². The summed E-state index contributed by atoms with van der Waals surface area (Å²) in [5.74, 6) is 1.20. The molecule has 3 rings (SSSR count). The standard InChI is InChI=1S/C16H15N3O/c1-11-2-4-12(5-3-11)10-15-18-16(19-20-15)13-6-8-14(17)9-7-13/h2-9H,10,17H2,1H3. The molecule has 0 atom stereocenters. The Morgan fingerprint density at radius 3 is 2.40 bits per heavy atom. The second-order valence-electron chi connectivity index (χ2n) is 4.80. The van der Waals surface area contributed by atoms with Gasteiger partial charge in [0, 0.05) is 11.3 Å². The molecule has 0 aliphatic rings. The molecule has 1 aromatic heterocycles. The van der Waals surface area contributed by atoms with Gasteiger partial charge in [-0.3, -0.25) is 0 Å². The maximum atomic E-state index is 5.66. The quantitative estimate of drug-likeness (QED) is 0.738. The van der Waals surface area contributed by atoms with Crippen molar-refractivity contribution < 1.29 is 4.52 Å². The van der Waals surface area contributed by atoms with Gasteiger partial charge in [0.2, 0.25) is 11.7 Å². The summed E-state index contributed by atoms with van der Waals surface area (Å²) >= 11 is 0. The van der Waals surface area contributed by atoms with Gasteiger partial charge in [0.1, 0.15) is 0 Å². The van der Waals surface area contributed by atoms with Crippen LogP contribution in [0.4, 0.5) is 5.69 Å². The maximum absolute atomic E-state index is 5.66. The van der Waals surface area contributed by atoms with Gasteiger partial charge < -0.3 is 10.3 Å². The number of benzene rings is 2. The van der Waals surface area contributed by atoms with E-state index in [9.17, 15) is 0 Å². The smallest absolute Gasteiger partial charge is 0.231 e. The fourth-order valence-electron chi connectivity index (χ4n) is 1.96. The zero-order valence-electron chi connectivity index (χ0n) is 11.2. The van der Waals surface area contributed by atoms with Gasteiger partial charge >= 0.3 is 0 Å². The molecule has 4 nitrogen and oxygen atoms in total. The van der Waals surface area contributed by atoms with E-state index in [0.717, 1.165) is 16.8 Å². The lowest BCUT2D eigenvalue weighted by atomic mass is 10.1. The van der Waals surface area contributed by atoms with Crippen molar-refractivity contribution in [2.24, 2.45) is 0 Å². The van der Waals surface area contributed by atoms with Gasteiger partial charge in [-0.05, 0) is 36.8 Å². The molecular weight excluding hydrogens is 250 g/mol. The van der Waals surface area contributed by atoms with Crippen molar-refractivity contribution in [2.75, 3.05) is 5.73 Å². The molecule has 3 aromatic rings. The number of rotatable bonds is 3. The van der Waals surface area contributed by atoms with Crippen molar-refractivity contribution in [3.8, 4) is 11.4 Å². The molecule has 0 saturated carbocycles. The van der Waals surface area contributed by atoms with Crippen LogP contribution in [0.5, 0.6) is 0 Å². The van der Waals surface area contributed by atoms with E-state index in [1.165, 1.54) is 5.56 Å². The number of nitrogen functional groups attached to an aromatic ring is 1. The van der Waals surface area contributed by atoms with Gasteiger partial charge in [0.05, 0.1) is 6.42 Å². The predicted octanol–water partition coefficient (Wildman–Crippen LogP) is 3.22. The second kappa shape index (κ2) is 5.17. The van der Waals surface area contributed by atoms with Gasteiger partial charge in [-0.15, -0.1) is 0 Å². The summed E-state index contributed by atoms with van der Waals surface area (Å²) < 4.78 is 5.29. The number of hydrogen-bond donors (Lipinski definition) is 1. The number of hydrogen-bond acceptors (Lipinski definition) is 4. The first-order valence-electron chi connectivity index (χ1n) is 6.45. The van der Waals surface area contributed by atoms with Crippen LogP contribution < -0.4 is 5.73 Å². The Morgan fingerprint density at radius 2 is 1.70 bits per heavy atom. The highest BCUT2D eigenvalue weighted by atomic mass is 16.5. The van der Waals surface area contributed by atoms with E-state index >= 15 is 0 Å². The van der Waals surface area contributed by atoms with Crippen molar-refractivity contribution in [1.82, 2.24) is 10.1 Å². The average Bonchev–Trinajstić information content (AvgIpc) is 2.91. The minimum atomic E-state index is 0.590. The Labute approximate surface area is 117 Å². The zero-order valence-corrected chi connectivity index (χ0v) is 11.2. The Bertz CT molecular complexity index is 699. The minimum absolute atomic E-state index is 0.590. The molecule has 4 heteroatoms. The number of aryl methyl sites for hydroxylation is 1. The van der Waals surface area contributed by atoms with E-state index in [0.29, 0.717) is 18.1 Å². The minimum Gasteiger partial charge on any atom is -0.399 e. The van der Waals surface area contributed by atoms with Crippen LogP contribution in [-0.4, -0.2) is 10.1 Å². The third-order valence-electron chi connectivity index (χ3n) is 3.11. The van der Waals surface area contributed by atoms with Crippen LogP contribution in [0.2, 0.25) is 0 Å². The molecule has 20 heavy (non-hydrogen) atoms. The van der Waals surface area contributed by atoms with Crippen LogP contribution in [0.3, 0.4) is 0 Å². The second-order valence-corrected chi connectivity index (χ2v) is 4.80. The highest BCUT2D eigenvalue weighted by Crippen LogP contribution is 2.18. The molecule has 0 saturated heterocycles. The monoisotopic (exact) mass is 265 g/mol. The third-order valence-corrected chi connectivity index (χ3v) is 3.11. The molecule has 0 aliphatic heterocycles. The zero-order chi connectivity index (χ0) is 13.9. The van der Waals surface area contributed by atoms with Crippen LogP contribution in [0.15, 0.2) is 53.1 Å². The van der Waals surface area contributed by atoms with Crippen LogP contribution in [0.1, 0.15) is 17.0 Å². The lowest BCUT2D eigenvalue weighted by Gasteiger charge is -1.97. The van der Waals surface area contributed by atoms with Crippen molar-refractivity contribution in [3.05, 3.63) is 65.5 Å². The number of nitrogens with two attached hydrogens (primary N) is 1. The Kier molecular flexibility index (Phi) is 3.21. The summed E-state index contributed by atoms with van der Waals surface area (Å²) in [7, 11) is 0. The summed E-state index contributed by atoms with van der Waals surface area (Å²) in [6.07, 6.45) is 0.641. The first kappa shape index (κ1) is 12.4. The fraction of sp³-hybridized carbons (Fsp3) is 0.125. The van der Waals surface area contributed by atoms with Crippen molar-refractivity contribution in [1.29, 1.82) is 0 Å². The first-order valence-corrected chi connectivity index (χ1v) is 6.45. The SMILES string of the molecule is Cc1ccc(Cc2nc(-c3ccc(N)cc3)no2)cc1. The molecule has 2 N–H and O–H groups in total. The molecule has 2 aromatic carbocycles. The molecule has 0 spiro atoms. The fourth-order valence-corrected chi connectivity index (χ4v) is 1.96. The molecule has 1 heterocycles. The Hall–Kier alpha value is -2.62. The van der Waals surface area contributed by atoms with E-state index < -0.39 is 0 Å². The van der Waals surface area contributed by atoms with Crippen LogP contribution in [-0.2, 0) is 6.42 Å². The molecule has 0 bridgehead atoms. The summed E-state index contributed by atoms with van der Waals surface area (Å²) in [6, 6.07) is 15.7. The molecule has 0 aliphatic carbocycles. The summed E-state index contributed by atoms with van der Waals surface area (Å²) in [5, 5.41) is 4.00. The van der Waals surface area contributed by atoms with E-state index in [1.54, 1.807) is 0 Å². The normalized spacial score (nSPS) is 10.7. The van der Waals surface area contributed by atoms with Crippen LogP contribution in [0.25, 0.3) is 11.4 Å². The van der Waals surface area contributed by atoms with Gasteiger partial charge in [-0.2, -0.15) is 4.98 Å². The largest absolute Gasteiger partial charge is 0.399 e. The summed E-state index contributed by atoms with van der Waals surface area (Å²) in [5.41, 5.74) is 9.67. The van der Waals surface area contributed by atoms with Crippen molar-refractivity contribution >= 4 is 5.69 Å². The predicted molar refractivity (Wildman–Crippen MR) is 78.1 cm³/mol. The molecular formula is C16H15N3O. The van der Waals surface area contributed by atoms with E-state index in [2.05, 4.69) is 41.3 Å². The number of anilines is 1. The average molecular weight is 265 g/mol. The third kappa shape index (κ3) is 2.69. The highest BCUT2D eigenvalue weighted by Gasteiger charge is 2.09. The first-order chi connectivity index (χ1) is 9.70. The van der Waals surface area contributed by atoms with E-state index in [1.807, 2.05) is 24.3 Å². The number of nitrogens with zero attached hydrogens (tertiary/aromatic N) is 2. The maximum Gasteiger partial charge on any atom is 0.231 e. The van der Waals surface area contributed by atoms with Crippen molar-refractivity contribution in [2.45, 2.75) is 13.3 Å². The van der Waals surface area contributed by atoms with E-state index in [-0.39, 0.29) is 0 Å². The van der Waals surface area contributed by atoms with E-state index in [4.69, 9.17) is 10.3 Å². The van der Waals surface area contributed by atoms with Crippen LogP contribution >= 0.6 is 0 Å². The molecule has 0 fully saturated rings. The molecule has 0 unspecified atom stereocenters. The Morgan fingerprint density at radius 1 is 1.00 bits per heavy atom. The summed E-state index contributed by atoms with van der Waals surface area (Å²) in [6.45, 7) is 2.07. The molecule has 0 radical (unpaired) electrons. The van der Waals surface area contributed by atoms with Gasteiger partial charge in [0.25, 0.3) is 0 Å². The summed E-state index contributed by atoms with van der Waals surface area (Å²) in [4.78, 5) is 4.41. The van der Waals surface area contributed by atoms with Gasteiger partial charge in [0.15, 0.2) is 0 Å². The molecule has 100 valence electrons. The van der Waals surface area contributed by atoms with Crippen LogP contribution in [0, 0.1) is 6.92 Å². The Balaban J connectivity index is 1.80. The lowest BCUT2D eigenvalue weighted by molar-refractivity contribution is 0.385. The highest BCUT2D eigenvalue weighted by molar-refractivity contribution is 5.58. The molecule has 0 amide bonds. The van der Waals surface area contributed by atoms with Crippen molar-refractivity contribution in [3.63, 3.8) is 0 Å². The lowest BCUT2D eigenvalue weighted by Crippen LogP contribution is -1.89. The number of aromatic nitrogens is 2. The van der Waals surface area contributed by atoms with Gasteiger partial charge in [-0.1, -0.05) is 35.0 Å².